The van der Waals surface area contributed by atoms with E-state index >= 15 is 0 Å². The molecule has 2 spiro atoms. The van der Waals surface area contributed by atoms with E-state index in [9.17, 15) is 39.0 Å². The minimum atomic E-state index is -1.72. The summed E-state index contributed by atoms with van der Waals surface area (Å²) in [5, 5.41) is 24.4. The highest BCUT2D eigenvalue weighted by Gasteiger charge is 2.96. The number of piperidine rings is 1. The van der Waals surface area contributed by atoms with Crippen LogP contribution in [-0.4, -0.2) is 107 Å². The quantitative estimate of drug-likeness (QED) is 0.185. The van der Waals surface area contributed by atoms with Gasteiger partial charge in [0.25, 0.3) is 0 Å². The fraction of sp³-hybridized carbons (Fsp3) is 0.588. The highest BCUT2D eigenvalue weighted by molar-refractivity contribution is 5.94. The number of fused-ring (bicyclic) bond motifs is 1. The normalized spacial score (nSPS) is 46.9. The van der Waals surface area contributed by atoms with Crippen molar-refractivity contribution in [2.45, 2.75) is 76.4 Å². The Morgan fingerprint density at radius 3 is 2.04 bits per heavy atom. The van der Waals surface area contributed by atoms with Gasteiger partial charge < -0.3 is 34.0 Å². The first-order chi connectivity index (χ1) is 22.1. The van der Waals surface area contributed by atoms with Crippen molar-refractivity contribution in [1.82, 2.24) is 4.90 Å². The maximum Gasteiger partial charge on any atom is 0.338 e. The molecule has 0 amide bonds. The number of esters is 4. The van der Waals surface area contributed by atoms with Gasteiger partial charge in [0.15, 0.2) is 18.3 Å². The molecule has 8 aliphatic rings. The van der Waals surface area contributed by atoms with Crippen molar-refractivity contribution in [2.24, 2.45) is 39.9 Å². The Hall–Kier alpha value is -3.94. The first-order valence-electron chi connectivity index (χ1n) is 15.7. The van der Waals surface area contributed by atoms with Gasteiger partial charge in [-0.15, -0.1) is 0 Å². The summed E-state index contributed by atoms with van der Waals surface area (Å²) in [7, 11) is 1.68. The number of hydrogen-bond donors (Lipinski definition) is 2. The number of carbonyl (C=O) groups excluding carboxylic acids is 6. The third-order valence-corrected chi connectivity index (χ3v) is 12.3. The molecule has 2 N–H and O–H groups in total. The van der Waals surface area contributed by atoms with Crippen molar-refractivity contribution < 1.29 is 57.9 Å². The molecule has 47 heavy (non-hydrogen) atoms. The Morgan fingerprint density at radius 1 is 0.872 bits per heavy atom. The van der Waals surface area contributed by atoms with Crippen LogP contribution in [-0.2, 0) is 42.9 Å². The van der Waals surface area contributed by atoms with Crippen LogP contribution in [0.3, 0.4) is 0 Å². The summed E-state index contributed by atoms with van der Waals surface area (Å²) in [6, 6.07) is 6.11. The summed E-state index contributed by atoms with van der Waals surface area (Å²) in [5.74, 6) is -7.90. The Kier molecular flexibility index (Phi) is 6.76. The van der Waals surface area contributed by atoms with Crippen LogP contribution in [0.5, 0.6) is 0 Å². The smallest absolute Gasteiger partial charge is 0.338 e. The standard InChI is InChI=1S/C34H37NO12/c1-13-18-21(40)19-26-34-24(20(35(26)6)28(42)33(19,27(13)41)25(34)22(18)44-14(2)37)32(5,12-36)29(45-15(3)38)23(30(34)46-16(4)39)47-31(43)17-10-8-7-9-11-17/h7-12,18-20,22-30,41-42H,1H2,2-6H3. The van der Waals surface area contributed by atoms with Crippen LogP contribution in [0.1, 0.15) is 38.1 Å². The molecule has 2 heterocycles. The van der Waals surface area contributed by atoms with E-state index in [0.29, 0.717) is 6.29 Å². The number of Topliss-reactive ketones (excluding diaryl/α,β-unsaturated/α-hetero) is 1. The third kappa shape index (κ3) is 3.49. The van der Waals surface area contributed by atoms with Crippen LogP contribution < -0.4 is 0 Å². The highest BCUT2D eigenvalue weighted by atomic mass is 16.6. The van der Waals surface area contributed by atoms with Crippen LogP contribution >= 0.6 is 0 Å². The second kappa shape index (κ2) is 10.0. The maximum atomic E-state index is 14.5. The van der Waals surface area contributed by atoms with Crippen molar-refractivity contribution in [3.63, 3.8) is 0 Å². The van der Waals surface area contributed by atoms with Crippen LogP contribution in [0.4, 0.5) is 0 Å². The number of likely N-dealkylation sites (N-methyl/N-ethyl adjacent to an activating group) is 1. The van der Waals surface area contributed by atoms with Crippen LogP contribution in [0, 0.1) is 39.9 Å². The van der Waals surface area contributed by atoms with Gasteiger partial charge in [-0.2, -0.15) is 0 Å². The number of aliphatic hydroxyl groups is 2. The Morgan fingerprint density at radius 2 is 1.47 bits per heavy atom. The van der Waals surface area contributed by atoms with Gasteiger partial charge in [0, 0.05) is 61.4 Å². The summed E-state index contributed by atoms with van der Waals surface area (Å²) in [6.07, 6.45) is -8.17. The Labute approximate surface area is 270 Å². The summed E-state index contributed by atoms with van der Waals surface area (Å²) in [5.41, 5.74) is -4.68. The zero-order valence-electron chi connectivity index (χ0n) is 26.5. The predicted molar refractivity (Wildman–Crippen MR) is 157 cm³/mol. The van der Waals surface area contributed by atoms with E-state index in [4.69, 9.17) is 18.9 Å². The first-order valence-corrected chi connectivity index (χ1v) is 15.7. The monoisotopic (exact) mass is 651 g/mol. The zero-order chi connectivity index (χ0) is 34.1. The van der Waals surface area contributed by atoms with Crippen LogP contribution in [0.2, 0.25) is 0 Å². The van der Waals surface area contributed by atoms with Gasteiger partial charge in [-0.3, -0.25) is 24.1 Å². The van der Waals surface area contributed by atoms with E-state index in [-0.39, 0.29) is 11.1 Å². The molecule has 0 radical (unpaired) electrons. The largest absolute Gasteiger partial charge is 0.461 e. The molecule has 15 atom stereocenters. The second-order valence-electron chi connectivity index (χ2n) is 14.2. The van der Waals surface area contributed by atoms with Crippen LogP contribution in [0.15, 0.2) is 42.5 Å². The number of aliphatic hydroxyl groups excluding tert-OH is 2. The van der Waals surface area contributed by atoms with Crippen molar-refractivity contribution in [3.05, 3.63) is 48.0 Å². The van der Waals surface area contributed by atoms with Gasteiger partial charge in [0.05, 0.1) is 29.1 Å². The van der Waals surface area contributed by atoms with Gasteiger partial charge in [-0.1, -0.05) is 24.8 Å². The lowest BCUT2D eigenvalue weighted by Gasteiger charge is -2.69. The second-order valence-corrected chi connectivity index (χ2v) is 14.2. The lowest BCUT2D eigenvalue weighted by Crippen LogP contribution is -2.81. The number of ether oxygens (including phenoxy) is 4. The zero-order valence-corrected chi connectivity index (χ0v) is 26.5. The first kappa shape index (κ1) is 31.6. The van der Waals surface area contributed by atoms with E-state index in [1.807, 2.05) is 0 Å². The maximum absolute atomic E-state index is 14.5. The predicted octanol–water partition coefficient (Wildman–Crippen LogP) is 0.248. The number of rotatable bonds is 6. The number of aldehydes is 1. The molecule has 0 aromatic heterocycles. The summed E-state index contributed by atoms with van der Waals surface area (Å²) >= 11 is 0. The number of carbonyl (C=O) groups is 6. The molecule has 250 valence electrons. The van der Waals surface area contributed by atoms with E-state index in [1.54, 1.807) is 30.1 Å². The van der Waals surface area contributed by atoms with Crippen molar-refractivity contribution in [3.8, 4) is 0 Å². The SMILES string of the molecule is C=C1C2C(=O)C3C4N(C)C5C(O)C3(C1O)C(C2OC(C)=O)C41C(OC(C)=O)C(OC(=O)c2ccccc2)C(OC(C)=O)C(C)(C=O)C51. The third-order valence-electron chi connectivity index (χ3n) is 12.3. The molecule has 13 heteroatoms. The molecule has 1 aromatic rings. The molecule has 7 bridgehead atoms. The molecule has 13 nitrogen and oxygen atoms in total. The fourth-order valence-corrected chi connectivity index (χ4v) is 11.5. The van der Waals surface area contributed by atoms with Gasteiger partial charge in [-0.05, 0) is 31.7 Å². The minimum absolute atomic E-state index is 0.105. The molecule has 2 saturated heterocycles. The van der Waals surface area contributed by atoms with Gasteiger partial charge in [0.1, 0.15) is 18.2 Å². The summed E-state index contributed by atoms with van der Waals surface area (Å²) in [6.45, 7) is 8.98. The molecular weight excluding hydrogens is 614 g/mol. The van der Waals surface area contributed by atoms with Gasteiger partial charge in [0.2, 0.25) is 0 Å². The molecule has 6 saturated carbocycles. The number of nitrogens with zero attached hydrogens (tertiary/aromatic N) is 1. The van der Waals surface area contributed by atoms with E-state index in [0.717, 1.165) is 13.8 Å². The number of ketones is 1. The van der Waals surface area contributed by atoms with Gasteiger partial charge in [-0.25, -0.2) is 4.79 Å². The topological polar surface area (TPSA) is 183 Å². The molecule has 1 aromatic carbocycles. The van der Waals surface area contributed by atoms with E-state index in [2.05, 4.69) is 6.58 Å². The average Bonchev–Trinajstić information content (AvgIpc) is 3.35. The lowest BCUT2D eigenvalue weighted by molar-refractivity contribution is -0.301. The van der Waals surface area contributed by atoms with Gasteiger partial charge >= 0.3 is 23.9 Å². The Bertz CT molecular complexity index is 1630. The summed E-state index contributed by atoms with van der Waals surface area (Å²) in [4.78, 5) is 82.0. The van der Waals surface area contributed by atoms with Crippen molar-refractivity contribution in [2.75, 3.05) is 7.05 Å². The van der Waals surface area contributed by atoms with Crippen molar-refractivity contribution >= 4 is 35.9 Å². The lowest BCUT2D eigenvalue weighted by atomic mass is 9.36. The highest BCUT2D eigenvalue weighted by Crippen LogP contribution is 2.84. The molecular formula is C34H37NO12. The molecule has 8 fully saturated rings. The Balaban J connectivity index is 1.55. The molecule has 6 aliphatic carbocycles. The average molecular weight is 652 g/mol. The van der Waals surface area contributed by atoms with Crippen LogP contribution in [0.25, 0.3) is 0 Å². The fourth-order valence-electron chi connectivity index (χ4n) is 11.5. The minimum Gasteiger partial charge on any atom is -0.461 e. The summed E-state index contributed by atoms with van der Waals surface area (Å²) < 4.78 is 24.0. The number of hydrogen-bond acceptors (Lipinski definition) is 13. The molecule has 15 unspecified atom stereocenters. The van der Waals surface area contributed by atoms with Crippen molar-refractivity contribution in [1.29, 1.82) is 0 Å². The molecule has 9 rings (SSSR count). The number of benzene rings is 1. The van der Waals surface area contributed by atoms with E-state index < -0.39 is 118 Å². The van der Waals surface area contributed by atoms with E-state index in [1.165, 1.54) is 26.0 Å². The molecule has 2 aliphatic heterocycles.